The first-order chi connectivity index (χ1) is 21.4. The highest BCUT2D eigenvalue weighted by molar-refractivity contribution is 6.43. The molecule has 246 valence electrons. The molecule has 0 unspecified atom stereocenters. The van der Waals surface area contributed by atoms with Crippen LogP contribution in [0.4, 0.5) is 0 Å². The zero-order chi connectivity index (χ0) is 33.1. The number of benzene rings is 3. The van der Waals surface area contributed by atoms with Gasteiger partial charge in [-0.2, -0.15) is 0 Å². The smallest absolute Gasteiger partial charge is 0.379 e. The van der Waals surface area contributed by atoms with Crippen molar-refractivity contribution in [2.75, 3.05) is 13.2 Å². The second-order valence-corrected chi connectivity index (χ2v) is 14.0. The molecular weight excluding hydrogens is 580 g/mol. The Kier molecular flexibility index (Phi) is 14.0. The minimum absolute atomic E-state index is 0.143. The minimum atomic E-state index is -0.847. The first-order valence-electron chi connectivity index (χ1n) is 17.1. The zero-order valence-electron chi connectivity index (χ0n) is 28.9. The maximum atomic E-state index is 13.2. The monoisotopic (exact) mass is 634 g/mol. The Labute approximate surface area is 277 Å². The number of hydrogen-bond donors (Lipinski definition) is 0. The lowest BCUT2D eigenvalue weighted by molar-refractivity contribution is -0.137. The van der Waals surface area contributed by atoms with Gasteiger partial charge in [-0.15, -0.1) is 0 Å². The van der Waals surface area contributed by atoms with Gasteiger partial charge in [0.15, 0.2) is 0 Å². The maximum absolute atomic E-state index is 13.2. The van der Waals surface area contributed by atoms with Gasteiger partial charge in [-0.3, -0.25) is 4.79 Å². The summed E-state index contributed by atoms with van der Waals surface area (Å²) < 4.78 is 11.2. The molecule has 0 fully saturated rings. The highest BCUT2D eigenvalue weighted by Crippen LogP contribution is 2.47. The average Bonchev–Trinajstić information content (AvgIpc) is 2.98. The number of ether oxygens (including phenoxy) is 2. The van der Waals surface area contributed by atoms with Crippen molar-refractivity contribution in [2.24, 2.45) is 23.2 Å². The molecule has 0 aliphatic rings. The van der Waals surface area contributed by atoms with Crippen LogP contribution in [0, 0.1) is 30.1 Å². The number of halogens is 1. The molecule has 0 bridgehead atoms. The summed E-state index contributed by atoms with van der Waals surface area (Å²) in [5.74, 6) is 1.46. The minimum Gasteiger partial charge on any atom is -0.494 e. The quantitative estimate of drug-likeness (QED) is 0.0604. The molecular formula is C40H55ClO4. The summed E-state index contributed by atoms with van der Waals surface area (Å²) >= 11 is 6.16. The number of rotatable bonds is 18. The van der Waals surface area contributed by atoms with Crippen LogP contribution in [0.2, 0.25) is 5.02 Å². The van der Waals surface area contributed by atoms with Crippen molar-refractivity contribution >= 4 is 34.1 Å². The van der Waals surface area contributed by atoms with Gasteiger partial charge in [-0.25, -0.2) is 4.79 Å². The van der Waals surface area contributed by atoms with Gasteiger partial charge < -0.3 is 9.47 Å². The van der Waals surface area contributed by atoms with E-state index in [2.05, 4.69) is 41.5 Å². The predicted octanol–water partition coefficient (Wildman–Crippen LogP) is 11.7. The molecule has 0 aliphatic carbocycles. The van der Waals surface area contributed by atoms with Gasteiger partial charge >= 0.3 is 5.97 Å². The van der Waals surface area contributed by atoms with E-state index in [-0.39, 0.29) is 6.61 Å². The van der Waals surface area contributed by atoms with Crippen LogP contribution < -0.4 is 4.74 Å². The summed E-state index contributed by atoms with van der Waals surface area (Å²) in [6.07, 6.45) is 10.0. The molecule has 0 saturated carbocycles. The summed E-state index contributed by atoms with van der Waals surface area (Å²) in [7, 11) is 0. The van der Waals surface area contributed by atoms with Crippen LogP contribution in [0.3, 0.4) is 0 Å². The number of carbonyl (C=O) groups is 2. The van der Waals surface area contributed by atoms with Crippen LogP contribution in [0.15, 0.2) is 48.5 Å². The van der Waals surface area contributed by atoms with Gasteiger partial charge in [0, 0.05) is 16.1 Å². The van der Waals surface area contributed by atoms with Gasteiger partial charge in [0.05, 0.1) is 13.2 Å². The Balaban J connectivity index is 1.57. The molecule has 0 N–H and O–H groups in total. The average molecular weight is 635 g/mol. The summed E-state index contributed by atoms with van der Waals surface area (Å²) in [6, 6.07) is 15.2. The molecule has 0 aromatic heterocycles. The maximum Gasteiger partial charge on any atom is 0.379 e. The number of aryl methyl sites for hydroxylation is 1. The van der Waals surface area contributed by atoms with Crippen LogP contribution in [-0.2, 0) is 9.53 Å². The lowest BCUT2D eigenvalue weighted by Crippen LogP contribution is -2.38. The second-order valence-electron chi connectivity index (χ2n) is 13.5. The number of ketones is 1. The SMILES string of the molecule is CCOC(=O)C(=O)c1c(C)cc2cc(OCCCCCCCCCC(C(C)C)(C(C)C)C(C)C)ccc2c1-c1ccc(Cl)cc1. The summed E-state index contributed by atoms with van der Waals surface area (Å²) in [5, 5.41) is 2.42. The fraction of sp³-hybridized carbons (Fsp3) is 0.550. The molecule has 3 aromatic carbocycles. The van der Waals surface area contributed by atoms with E-state index in [1.807, 2.05) is 43.3 Å². The number of esters is 1. The standard InChI is InChI=1S/C40H55ClO4/c1-9-44-39(43)38(42)36-30(8)25-32-26-34(21-22-35(32)37(36)31-17-19-33(41)20-18-31)45-24-16-14-12-10-11-13-15-23-40(27(2)3,28(4)5)29(6)7/h17-22,25-29H,9-16,23-24H2,1-8H3. The van der Waals surface area contributed by atoms with Gasteiger partial charge in [-0.1, -0.05) is 116 Å². The molecule has 0 spiro atoms. The van der Waals surface area contributed by atoms with Crippen LogP contribution in [0.25, 0.3) is 21.9 Å². The van der Waals surface area contributed by atoms with Gasteiger partial charge in [0.25, 0.3) is 5.78 Å². The van der Waals surface area contributed by atoms with Crippen molar-refractivity contribution in [1.29, 1.82) is 0 Å². The first kappa shape index (κ1) is 36.6. The Morgan fingerprint density at radius 3 is 1.93 bits per heavy atom. The normalized spacial score (nSPS) is 12.0. The number of hydrogen-bond acceptors (Lipinski definition) is 4. The fourth-order valence-electron chi connectivity index (χ4n) is 7.60. The van der Waals surface area contributed by atoms with Crippen LogP contribution in [-0.4, -0.2) is 25.0 Å². The molecule has 0 saturated heterocycles. The van der Waals surface area contributed by atoms with Gasteiger partial charge in [0.1, 0.15) is 5.75 Å². The number of Topliss-reactive ketones (excluding diaryl/α,β-unsaturated/α-hetero) is 1. The molecule has 0 amide bonds. The van der Waals surface area contributed by atoms with E-state index < -0.39 is 11.8 Å². The summed E-state index contributed by atoms with van der Waals surface area (Å²) in [4.78, 5) is 25.7. The summed E-state index contributed by atoms with van der Waals surface area (Å²) in [5.41, 5.74) is 3.03. The lowest BCUT2D eigenvalue weighted by Gasteiger charge is -2.45. The third-order valence-corrected chi connectivity index (χ3v) is 10.1. The van der Waals surface area contributed by atoms with Gasteiger partial charge in [-0.05, 0) is 96.0 Å². The second kappa shape index (κ2) is 17.2. The molecule has 4 nitrogen and oxygen atoms in total. The van der Waals surface area contributed by atoms with Crippen LogP contribution >= 0.6 is 11.6 Å². The molecule has 45 heavy (non-hydrogen) atoms. The Bertz CT molecular complexity index is 1380. The molecule has 3 rings (SSSR count). The van der Waals surface area contributed by atoms with E-state index in [1.165, 1.54) is 44.9 Å². The highest BCUT2D eigenvalue weighted by atomic mass is 35.5. The Morgan fingerprint density at radius 1 is 0.778 bits per heavy atom. The van der Waals surface area contributed by atoms with E-state index >= 15 is 0 Å². The zero-order valence-corrected chi connectivity index (χ0v) is 29.7. The Hall–Kier alpha value is -2.85. The number of unbranched alkanes of at least 4 members (excludes halogenated alkanes) is 6. The predicted molar refractivity (Wildman–Crippen MR) is 189 cm³/mol. The van der Waals surface area contributed by atoms with Crippen molar-refractivity contribution in [3.8, 4) is 16.9 Å². The number of carbonyl (C=O) groups excluding carboxylic acids is 2. The van der Waals surface area contributed by atoms with E-state index in [0.717, 1.165) is 28.5 Å². The lowest BCUT2D eigenvalue weighted by atomic mass is 9.60. The van der Waals surface area contributed by atoms with E-state index in [0.29, 0.717) is 51.5 Å². The van der Waals surface area contributed by atoms with Crippen LogP contribution in [0.5, 0.6) is 5.75 Å². The summed E-state index contributed by atoms with van der Waals surface area (Å²) in [6.45, 7) is 18.8. The van der Waals surface area contributed by atoms with E-state index in [4.69, 9.17) is 21.1 Å². The molecule has 0 atom stereocenters. The van der Waals surface area contributed by atoms with Gasteiger partial charge in [0.2, 0.25) is 0 Å². The van der Waals surface area contributed by atoms with Crippen molar-refractivity contribution in [2.45, 2.75) is 107 Å². The number of fused-ring (bicyclic) bond motifs is 1. The fourth-order valence-corrected chi connectivity index (χ4v) is 7.72. The highest BCUT2D eigenvalue weighted by Gasteiger charge is 2.39. The van der Waals surface area contributed by atoms with E-state index in [1.54, 1.807) is 19.1 Å². The first-order valence-corrected chi connectivity index (χ1v) is 17.5. The third-order valence-electron chi connectivity index (χ3n) is 9.88. The third kappa shape index (κ3) is 9.12. The molecule has 5 heteroatoms. The van der Waals surface area contributed by atoms with Crippen molar-refractivity contribution in [3.63, 3.8) is 0 Å². The van der Waals surface area contributed by atoms with Crippen LogP contribution in [0.1, 0.15) is 116 Å². The van der Waals surface area contributed by atoms with E-state index in [9.17, 15) is 9.59 Å². The Morgan fingerprint density at radius 2 is 1.36 bits per heavy atom. The molecule has 0 heterocycles. The molecule has 0 radical (unpaired) electrons. The van der Waals surface area contributed by atoms with Crippen molar-refractivity contribution < 1.29 is 19.1 Å². The largest absolute Gasteiger partial charge is 0.494 e. The topological polar surface area (TPSA) is 52.6 Å². The molecule has 3 aromatic rings. The van der Waals surface area contributed by atoms with Crippen molar-refractivity contribution in [1.82, 2.24) is 0 Å². The molecule has 0 aliphatic heterocycles. The van der Waals surface area contributed by atoms with Crippen molar-refractivity contribution in [3.05, 3.63) is 64.7 Å².